The predicted molar refractivity (Wildman–Crippen MR) is 104 cm³/mol. The Morgan fingerprint density at radius 3 is 2.59 bits per heavy atom. The molecule has 1 unspecified atom stereocenters. The number of hydrogen-bond donors (Lipinski definition) is 3. The van der Waals surface area contributed by atoms with E-state index in [0.29, 0.717) is 25.0 Å². The third kappa shape index (κ3) is 4.17. The molecule has 32 heavy (non-hydrogen) atoms. The summed E-state index contributed by atoms with van der Waals surface area (Å²) in [6.45, 7) is 2.04. The van der Waals surface area contributed by atoms with Crippen LogP contribution in [0, 0.1) is 18.6 Å². The number of fused-ring (bicyclic) bond motifs is 1. The fraction of sp³-hybridized carbons (Fsp3) is 0.300. The number of pyridine rings is 1. The van der Waals surface area contributed by atoms with E-state index in [2.05, 4.69) is 10.3 Å². The van der Waals surface area contributed by atoms with E-state index in [1.54, 1.807) is 16.3 Å². The molecule has 2 amide bonds. The van der Waals surface area contributed by atoms with Crippen LogP contribution in [-0.4, -0.2) is 41.5 Å². The van der Waals surface area contributed by atoms with Crippen molar-refractivity contribution in [1.29, 1.82) is 0 Å². The van der Waals surface area contributed by atoms with Crippen LogP contribution in [0.5, 0.6) is 0 Å². The van der Waals surface area contributed by atoms with Gasteiger partial charge in [0.1, 0.15) is 17.4 Å². The van der Waals surface area contributed by atoms with Gasteiger partial charge in [0.15, 0.2) is 17.4 Å². The van der Waals surface area contributed by atoms with Crippen molar-refractivity contribution in [2.24, 2.45) is 0 Å². The monoisotopic (exact) mass is 456 g/mol. The molecule has 1 aliphatic rings. The highest BCUT2D eigenvalue weighted by Gasteiger charge is 2.45. The van der Waals surface area contributed by atoms with Gasteiger partial charge in [0.25, 0.3) is 0 Å². The van der Waals surface area contributed by atoms with Crippen molar-refractivity contribution in [3.8, 4) is 0 Å². The molecule has 0 aliphatic carbocycles. The Balaban J connectivity index is 1.53. The third-order valence-electron chi connectivity index (χ3n) is 5.05. The molecule has 2 aromatic heterocycles. The maximum Gasteiger partial charge on any atom is 0.416 e. The van der Waals surface area contributed by atoms with E-state index >= 15 is 0 Å². The maximum absolute atomic E-state index is 14.0. The molecule has 170 valence electrons. The van der Waals surface area contributed by atoms with Gasteiger partial charge in [-0.1, -0.05) is 0 Å². The van der Waals surface area contributed by atoms with Gasteiger partial charge < -0.3 is 25.1 Å². The van der Waals surface area contributed by atoms with Gasteiger partial charge in [0.05, 0.1) is 18.0 Å². The minimum atomic E-state index is -4.98. The normalized spacial score (nSPS) is 15.5. The number of benzene rings is 1. The van der Waals surface area contributed by atoms with Gasteiger partial charge >= 0.3 is 12.2 Å². The number of anilines is 2. The molecule has 1 fully saturated rings. The van der Waals surface area contributed by atoms with E-state index in [0.717, 1.165) is 6.07 Å². The Morgan fingerprint density at radius 1 is 1.28 bits per heavy atom. The molecule has 0 spiro atoms. The molecule has 0 saturated carbocycles. The van der Waals surface area contributed by atoms with Gasteiger partial charge in [-0.2, -0.15) is 13.2 Å². The summed E-state index contributed by atoms with van der Waals surface area (Å²) in [6, 6.07) is 0.539. The molecule has 3 heterocycles. The van der Waals surface area contributed by atoms with Crippen LogP contribution in [0.15, 0.2) is 34.9 Å². The number of rotatable bonds is 4. The lowest BCUT2D eigenvalue weighted by Gasteiger charge is -2.36. The summed E-state index contributed by atoms with van der Waals surface area (Å²) in [5.74, 6) is -2.33. The van der Waals surface area contributed by atoms with E-state index < -0.39 is 47.3 Å². The first-order valence-corrected chi connectivity index (χ1v) is 9.44. The lowest BCUT2D eigenvalue weighted by atomic mass is 10.1. The van der Waals surface area contributed by atoms with Crippen molar-refractivity contribution in [1.82, 2.24) is 10.3 Å². The number of nitrogens with one attached hydrogen (secondary N) is 2. The Bertz CT molecular complexity index is 1160. The molecule has 7 nitrogen and oxygen atoms in total. The minimum absolute atomic E-state index is 0.127. The number of β-amino-alcohol motifs (C(OH)–C–C–N with tert-alkyl or cyclic N) is 1. The number of alkyl halides is 3. The highest BCUT2D eigenvalue weighted by molar-refractivity contribution is 5.90. The molecular weight excluding hydrogens is 439 g/mol. The fourth-order valence-corrected chi connectivity index (χ4v) is 3.42. The topological polar surface area (TPSA) is 90.6 Å². The minimum Gasteiger partial charge on any atom is -0.455 e. The number of nitrogens with zero attached hydrogens (tertiary/aromatic N) is 2. The second-order valence-corrected chi connectivity index (χ2v) is 7.39. The molecule has 12 heteroatoms. The van der Waals surface area contributed by atoms with E-state index in [1.165, 1.54) is 19.2 Å². The summed E-state index contributed by atoms with van der Waals surface area (Å²) >= 11 is 0. The number of carbonyl (C=O) groups excluding carboxylic acids is 1. The van der Waals surface area contributed by atoms with E-state index in [1.807, 2.05) is 0 Å². The Morgan fingerprint density at radius 2 is 2.00 bits per heavy atom. The highest BCUT2D eigenvalue weighted by Crippen LogP contribution is 2.39. The average molecular weight is 456 g/mol. The van der Waals surface area contributed by atoms with Crippen LogP contribution in [-0.2, 0) is 0 Å². The summed E-state index contributed by atoms with van der Waals surface area (Å²) in [5, 5.41) is 13.2. The molecule has 3 N–H and O–H groups in total. The van der Waals surface area contributed by atoms with Gasteiger partial charge in [-0.05, 0) is 25.1 Å². The van der Waals surface area contributed by atoms with Crippen LogP contribution in [0.4, 0.5) is 38.3 Å². The van der Waals surface area contributed by atoms with Crippen molar-refractivity contribution < 1.29 is 36.3 Å². The number of furan rings is 1. The largest absolute Gasteiger partial charge is 0.455 e. The molecule has 0 radical (unpaired) electrons. The first-order valence-electron chi connectivity index (χ1n) is 9.44. The number of aliphatic hydroxyl groups is 1. The van der Waals surface area contributed by atoms with Gasteiger partial charge in [0.2, 0.25) is 0 Å². The van der Waals surface area contributed by atoms with Crippen molar-refractivity contribution in [2.45, 2.75) is 25.2 Å². The zero-order chi connectivity index (χ0) is 23.2. The van der Waals surface area contributed by atoms with Crippen LogP contribution in [0.2, 0.25) is 0 Å². The second kappa shape index (κ2) is 7.93. The number of carbonyl (C=O) groups is 1. The Labute approximate surface area is 177 Å². The van der Waals surface area contributed by atoms with Crippen molar-refractivity contribution in [3.05, 3.63) is 53.4 Å². The predicted octanol–water partition coefficient (Wildman–Crippen LogP) is 4.02. The summed E-state index contributed by atoms with van der Waals surface area (Å²) in [6.07, 6.45) is -4.16. The highest BCUT2D eigenvalue weighted by atomic mass is 19.4. The molecule has 4 rings (SSSR count). The first-order chi connectivity index (χ1) is 15.0. The van der Waals surface area contributed by atoms with E-state index in [9.17, 15) is 31.9 Å². The number of amides is 2. The standard InChI is InChI=1S/C20H17F5N4O3/c1-9-13-4-10(21)5-14(22)17(13)32-16(9)18(20(23,24)25)28-19(31)27-11-2-3-15(26-6-11)29-7-12(30)8-29/h2-6,12,18,30H,7-8H2,1H3,(H2,27,28,31). The SMILES string of the molecule is Cc1c(C(NC(=O)Nc2ccc(N3CC(O)C3)nc2)C(F)(F)F)oc2c(F)cc(F)cc12. The molecule has 3 aromatic rings. The zero-order valence-corrected chi connectivity index (χ0v) is 16.5. The average Bonchev–Trinajstić information content (AvgIpc) is 3.00. The van der Waals surface area contributed by atoms with Gasteiger partial charge in [-0.15, -0.1) is 0 Å². The summed E-state index contributed by atoms with van der Waals surface area (Å²) in [4.78, 5) is 18.1. The summed E-state index contributed by atoms with van der Waals surface area (Å²) < 4.78 is 73.6. The Hall–Kier alpha value is -3.41. The number of aliphatic hydroxyl groups excluding tert-OH is 1. The number of urea groups is 1. The number of aromatic nitrogens is 1. The molecule has 0 bridgehead atoms. The fourth-order valence-electron chi connectivity index (χ4n) is 3.42. The molecule has 1 atom stereocenters. The quantitative estimate of drug-likeness (QED) is 0.516. The van der Waals surface area contributed by atoms with E-state index in [-0.39, 0.29) is 16.6 Å². The van der Waals surface area contributed by atoms with Gasteiger partial charge in [-0.25, -0.2) is 18.6 Å². The van der Waals surface area contributed by atoms with Crippen LogP contribution >= 0.6 is 0 Å². The number of hydrogen-bond acceptors (Lipinski definition) is 5. The number of aryl methyl sites for hydroxylation is 1. The molecule has 1 aromatic carbocycles. The smallest absolute Gasteiger partial charge is 0.416 e. The maximum atomic E-state index is 14.0. The van der Waals surface area contributed by atoms with Gasteiger partial charge in [0, 0.05) is 30.1 Å². The van der Waals surface area contributed by atoms with Crippen LogP contribution in [0.3, 0.4) is 0 Å². The van der Waals surface area contributed by atoms with Crippen molar-refractivity contribution in [2.75, 3.05) is 23.3 Å². The van der Waals surface area contributed by atoms with Crippen LogP contribution in [0.25, 0.3) is 11.0 Å². The second-order valence-electron chi connectivity index (χ2n) is 7.39. The lowest BCUT2D eigenvalue weighted by molar-refractivity contribution is -0.158. The van der Waals surface area contributed by atoms with E-state index in [4.69, 9.17) is 4.42 Å². The van der Waals surface area contributed by atoms with Crippen molar-refractivity contribution >= 4 is 28.5 Å². The number of halogens is 5. The summed E-state index contributed by atoms with van der Waals surface area (Å²) in [7, 11) is 0. The molecule has 1 saturated heterocycles. The molecular formula is C20H17F5N4O3. The van der Waals surface area contributed by atoms with Crippen molar-refractivity contribution in [3.63, 3.8) is 0 Å². The zero-order valence-electron chi connectivity index (χ0n) is 16.5. The van der Waals surface area contributed by atoms with Crippen LogP contribution in [0.1, 0.15) is 17.4 Å². The first kappa shape index (κ1) is 21.8. The van der Waals surface area contributed by atoms with Gasteiger partial charge in [-0.3, -0.25) is 0 Å². The molecule has 1 aliphatic heterocycles. The Kier molecular flexibility index (Phi) is 5.41. The summed E-state index contributed by atoms with van der Waals surface area (Å²) in [5.41, 5.74) is -0.558. The third-order valence-corrected chi connectivity index (χ3v) is 5.05. The van der Waals surface area contributed by atoms with Crippen LogP contribution < -0.4 is 15.5 Å². The lowest BCUT2D eigenvalue weighted by Crippen LogP contribution is -2.51.